The van der Waals surface area contributed by atoms with Crippen molar-refractivity contribution in [2.45, 2.75) is 24.6 Å². The molecule has 1 aromatic heterocycles. The Morgan fingerprint density at radius 3 is 3.05 bits per heavy atom. The summed E-state index contributed by atoms with van der Waals surface area (Å²) < 4.78 is 5.79. The number of carbonyl (C=O) groups excluding carboxylic acids is 1. The predicted molar refractivity (Wildman–Crippen MR) is 84.9 cm³/mol. The van der Waals surface area contributed by atoms with Gasteiger partial charge in [0.25, 0.3) is 5.91 Å². The molecule has 2 aliphatic rings. The molecule has 2 aromatic rings. The molecule has 22 heavy (non-hydrogen) atoms. The summed E-state index contributed by atoms with van der Waals surface area (Å²) in [4.78, 5) is 17.9. The Morgan fingerprint density at radius 1 is 1.36 bits per heavy atom. The zero-order chi connectivity index (χ0) is 15.3. The molecule has 1 aliphatic heterocycles. The number of amides is 1. The summed E-state index contributed by atoms with van der Waals surface area (Å²) in [5.41, 5.74) is 1.70. The van der Waals surface area contributed by atoms with Gasteiger partial charge in [0.05, 0.1) is 18.2 Å². The second kappa shape index (κ2) is 5.11. The fourth-order valence-electron chi connectivity index (χ4n) is 3.91. The molecule has 0 unspecified atom stereocenters. The highest BCUT2D eigenvalue weighted by atomic mass is 16.5. The quantitative estimate of drug-likeness (QED) is 0.905. The van der Waals surface area contributed by atoms with Crippen LogP contribution in [0.1, 0.15) is 16.8 Å². The number of nitrogens with one attached hydrogen (secondary N) is 2. The Morgan fingerprint density at radius 2 is 2.23 bits per heavy atom. The minimum atomic E-state index is -0.00120. The van der Waals surface area contributed by atoms with Crippen LogP contribution in [0.3, 0.4) is 0 Å². The van der Waals surface area contributed by atoms with E-state index in [9.17, 15) is 4.79 Å². The molecule has 116 valence electrons. The molecule has 5 nitrogen and oxygen atoms in total. The van der Waals surface area contributed by atoms with Crippen LogP contribution in [0.4, 0.5) is 0 Å². The topological polar surface area (TPSA) is 57.4 Å². The van der Waals surface area contributed by atoms with Crippen molar-refractivity contribution in [1.82, 2.24) is 15.2 Å². The third kappa shape index (κ3) is 2.04. The van der Waals surface area contributed by atoms with E-state index in [2.05, 4.69) is 15.2 Å². The van der Waals surface area contributed by atoms with Crippen molar-refractivity contribution in [2.75, 3.05) is 20.7 Å². The molecular formula is C17H21N3O2. The van der Waals surface area contributed by atoms with E-state index in [0.717, 1.165) is 23.9 Å². The summed E-state index contributed by atoms with van der Waals surface area (Å²) in [5, 5.41) is 4.34. The molecule has 0 radical (unpaired) electrons. The Bertz CT molecular complexity index is 709. The Hall–Kier alpha value is -1.85. The smallest absolute Gasteiger partial charge is 0.251 e. The van der Waals surface area contributed by atoms with Gasteiger partial charge in [0.1, 0.15) is 0 Å². The molecule has 5 heteroatoms. The predicted octanol–water partition coefficient (Wildman–Crippen LogP) is 1.62. The van der Waals surface area contributed by atoms with E-state index in [-0.39, 0.29) is 24.1 Å². The van der Waals surface area contributed by atoms with Crippen molar-refractivity contribution in [3.63, 3.8) is 0 Å². The summed E-state index contributed by atoms with van der Waals surface area (Å²) >= 11 is 0. The zero-order valence-electron chi connectivity index (χ0n) is 12.9. The van der Waals surface area contributed by atoms with Crippen LogP contribution in [0, 0.1) is 5.92 Å². The van der Waals surface area contributed by atoms with Gasteiger partial charge in [-0.25, -0.2) is 0 Å². The van der Waals surface area contributed by atoms with Gasteiger partial charge in [-0.1, -0.05) is 6.07 Å². The van der Waals surface area contributed by atoms with Gasteiger partial charge in [-0.2, -0.15) is 0 Å². The number of ether oxygens (including phenoxy) is 1. The lowest BCUT2D eigenvalue weighted by molar-refractivity contribution is -0.0664. The lowest BCUT2D eigenvalue weighted by Gasteiger charge is -2.50. The molecule has 0 bridgehead atoms. The highest BCUT2D eigenvalue weighted by molar-refractivity contribution is 5.98. The number of hydrogen-bond donors (Lipinski definition) is 2. The maximum atomic E-state index is 12.6. The number of H-pyrrole nitrogens is 1. The first-order valence-corrected chi connectivity index (χ1v) is 7.81. The summed E-state index contributed by atoms with van der Waals surface area (Å²) in [6, 6.07) is 8.23. The second-order valence-corrected chi connectivity index (χ2v) is 6.52. The van der Waals surface area contributed by atoms with Gasteiger partial charge in [0.15, 0.2) is 0 Å². The number of likely N-dealkylation sites (N-methyl/N-ethyl adjacent to an activating group) is 1. The third-order valence-electron chi connectivity index (χ3n) is 5.06. The van der Waals surface area contributed by atoms with E-state index in [1.165, 1.54) is 0 Å². The monoisotopic (exact) mass is 299 g/mol. The van der Waals surface area contributed by atoms with Crippen LogP contribution < -0.4 is 5.32 Å². The van der Waals surface area contributed by atoms with Crippen LogP contribution in [0.2, 0.25) is 0 Å². The van der Waals surface area contributed by atoms with Crippen LogP contribution in [0.5, 0.6) is 0 Å². The minimum Gasteiger partial charge on any atom is -0.376 e. The van der Waals surface area contributed by atoms with Gasteiger partial charge in [0.2, 0.25) is 0 Å². The maximum Gasteiger partial charge on any atom is 0.251 e. The van der Waals surface area contributed by atoms with E-state index in [1.54, 1.807) is 0 Å². The lowest BCUT2D eigenvalue weighted by Crippen LogP contribution is -2.69. The van der Waals surface area contributed by atoms with Crippen LogP contribution in [0.25, 0.3) is 10.9 Å². The van der Waals surface area contributed by atoms with Crippen molar-refractivity contribution >= 4 is 16.8 Å². The van der Waals surface area contributed by atoms with Gasteiger partial charge in [0, 0.05) is 29.8 Å². The van der Waals surface area contributed by atoms with Crippen LogP contribution in [-0.4, -0.2) is 54.7 Å². The van der Waals surface area contributed by atoms with E-state index in [0.29, 0.717) is 11.5 Å². The molecular weight excluding hydrogens is 278 g/mol. The number of rotatable bonds is 3. The van der Waals surface area contributed by atoms with E-state index in [4.69, 9.17) is 4.74 Å². The van der Waals surface area contributed by atoms with E-state index < -0.39 is 0 Å². The van der Waals surface area contributed by atoms with Crippen molar-refractivity contribution in [3.8, 4) is 0 Å². The number of carbonyl (C=O) groups is 1. The summed E-state index contributed by atoms with van der Waals surface area (Å²) in [5.74, 6) is 0.448. The molecule has 2 N–H and O–H groups in total. The SMILES string of the molecule is CN(C)[C@@H]1[C@@H](NC(=O)c2ccc3cc[nH]c3c2)[C@H]2CCO[C@H]21. The van der Waals surface area contributed by atoms with Crippen LogP contribution in [0.15, 0.2) is 30.5 Å². The number of aromatic amines is 1. The summed E-state index contributed by atoms with van der Waals surface area (Å²) in [6.07, 6.45) is 3.20. The van der Waals surface area contributed by atoms with Gasteiger partial charge in [-0.15, -0.1) is 0 Å². The lowest BCUT2D eigenvalue weighted by atomic mass is 9.71. The average molecular weight is 299 g/mol. The standard InChI is InChI=1S/C17H21N3O2/c1-20(2)15-14(12-6-8-22-16(12)15)19-17(21)11-4-3-10-5-7-18-13(10)9-11/h3-5,7,9,12,14-16,18H,6,8H2,1-2H3,(H,19,21)/t12-,14+,15-,16-/m1/s1. The second-order valence-electron chi connectivity index (χ2n) is 6.52. The van der Waals surface area contributed by atoms with Crippen LogP contribution in [-0.2, 0) is 4.74 Å². The van der Waals surface area contributed by atoms with E-state index >= 15 is 0 Å². The van der Waals surface area contributed by atoms with Crippen molar-refractivity contribution in [3.05, 3.63) is 36.0 Å². The van der Waals surface area contributed by atoms with Crippen molar-refractivity contribution in [1.29, 1.82) is 0 Å². The van der Waals surface area contributed by atoms with Gasteiger partial charge < -0.3 is 19.9 Å². The number of benzene rings is 1. The van der Waals surface area contributed by atoms with Gasteiger partial charge in [-0.3, -0.25) is 4.79 Å². The van der Waals surface area contributed by atoms with Gasteiger partial charge in [-0.05, 0) is 44.1 Å². The number of aromatic nitrogens is 1. The molecule has 1 saturated heterocycles. The van der Waals surface area contributed by atoms with E-state index in [1.807, 2.05) is 44.6 Å². The first-order valence-electron chi connectivity index (χ1n) is 7.81. The Kier molecular flexibility index (Phi) is 3.20. The molecule has 2 fully saturated rings. The Balaban J connectivity index is 1.53. The van der Waals surface area contributed by atoms with Gasteiger partial charge >= 0.3 is 0 Å². The molecule has 0 spiro atoms. The first kappa shape index (κ1) is 13.8. The summed E-state index contributed by atoms with van der Waals surface area (Å²) in [6.45, 7) is 0.806. The molecule has 1 aliphatic carbocycles. The highest BCUT2D eigenvalue weighted by Crippen LogP contribution is 2.41. The molecule has 1 amide bonds. The highest BCUT2D eigenvalue weighted by Gasteiger charge is 2.55. The maximum absolute atomic E-state index is 12.6. The number of hydrogen-bond acceptors (Lipinski definition) is 3. The number of fused-ring (bicyclic) bond motifs is 2. The molecule has 4 rings (SSSR count). The van der Waals surface area contributed by atoms with Crippen molar-refractivity contribution in [2.24, 2.45) is 5.92 Å². The third-order valence-corrected chi connectivity index (χ3v) is 5.06. The zero-order valence-corrected chi connectivity index (χ0v) is 12.9. The minimum absolute atomic E-state index is 0.00120. The molecule has 2 heterocycles. The average Bonchev–Trinajstić information content (AvgIpc) is 3.10. The molecule has 4 atom stereocenters. The van der Waals surface area contributed by atoms with Crippen LogP contribution >= 0.6 is 0 Å². The van der Waals surface area contributed by atoms with Crippen molar-refractivity contribution < 1.29 is 9.53 Å². The largest absolute Gasteiger partial charge is 0.376 e. The Labute approximate surface area is 129 Å². The normalized spacial score (nSPS) is 30.3. The molecule has 1 aromatic carbocycles. The fraction of sp³-hybridized carbons (Fsp3) is 0.471. The summed E-state index contributed by atoms with van der Waals surface area (Å²) in [7, 11) is 4.10. The fourth-order valence-corrected chi connectivity index (χ4v) is 3.91. The molecule has 1 saturated carbocycles. The number of nitrogens with zero attached hydrogens (tertiary/aromatic N) is 1. The first-order chi connectivity index (χ1) is 10.6.